The summed E-state index contributed by atoms with van der Waals surface area (Å²) in [5, 5.41) is 0. The van der Waals surface area contributed by atoms with Crippen LogP contribution in [-0.4, -0.2) is 14.1 Å². The van der Waals surface area contributed by atoms with Gasteiger partial charge in [0.15, 0.2) is 0 Å². The number of fused-ring (bicyclic) bond motifs is 2. The van der Waals surface area contributed by atoms with Gasteiger partial charge in [0.2, 0.25) is 0 Å². The molecule has 0 spiro atoms. The second-order valence-corrected chi connectivity index (χ2v) is 8.51. The van der Waals surface area contributed by atoms with E-state index in [1.807, 2.05) is 0 Å². The van der Waals surface area contributed by atoms with Gasteiger partial charge >= 0.3 is 0 Å². The molecule has 2 aliphatic heterocycles. The first kappa shape index (κ1) is 17.0. The first-order valence-corrected chi connectivity index (χ1v) is 9.35. The minimum absolute atomic E-state index is 0.0105. The van der Waals surface area contributed by atoms with Gasteiger partial charge in [0.1, 0.15) is 0 Å². The van der Waals surface area contributed by atoms with E-state index in [1.165, 1.54) is 33.9 Å². The number of rotatable bonds is 1. The van der Waals surface area contributed by atoms with Crippen LogP contribution in [0.1, 0.15) is 38.8 Å². The van der Waals surface area contributed by atoms with Crippen molar-refractivity contribution in [1.82, 2.24) is 0 Å². The standard InChI is InChI=1S/C24H28N2/c1-23(2)17-11-7-9-13-19(17)25(5)21(23)15-16-22-24(3,4)18-12-8-10-14-20(18)26(22)6/h7-16H,1-6H3/b21-15-,22-16+. The summed E-state index contributed by atoms with van der Waals surface area (Å²) in [6.45, 7) is 9.27. The van der Waals surface area contributed by atoms with Crippen LogP contribution in [0.5, 0.6) is 0 Å². The average molecular weight is 345 g/mol. The lowest BCUT2D eigenvalue weighted by molar-refractivity contribution is 0.633. The molecule has 0 atom stereocenters. The fraction of sp³-hybridized carbons (Fsp3) is 0.333. The van der Waals surface area contributed by atoms with Gasteiger partial charge in [-0.2, -0.15) is 0 Å². The zero-order chi connectivity index (χ0) is 18.7. The van der Waals surface area contributed by atoms with Crippen LogP contribution in [-0.2, 0) is 10.8 Å². The fourth-order valence-corrected chi connectivity index (χ4v) is 4.76. The highest BCUT2D eigenvalue weighted by Gasteiger charge is 2.40. The Kier molecular flexibility index (Phi) is 3.59. The van der Waals surface area contributed by atoms with Crippen LogP contribution >= 0.6 is 0 Å². The number of benzene rings is 2. The molecule has 2 heteroatoms. The Labute approximate surface area is 157 Å². The SMILES string of the molecule is CN1/C(=C\C=C2\N(C)c3ccccc3C2(C)C)C(C)(C)c2ccccc21. The van der Waals surface area contributed by atoms with Crippen LogP contribution in [0.25, 0.3) is 0 Å². The van der Waals surface area contributed by atoms with Gasteiger partial charge in [0.05, 0.1) is 0 Å². The number of anilines is 2. The van der Waals surface area contributed by atoms with E-state index in [0.29, 0.717) is 0 Å². The predicted molar refractivity (Wildman–Crippen MR) is 112 cm³/mol. The number of nitrogens with zero attached hydrogens (tertiary/aromatic N) is 2. The highest BCUT2D eigenvalue weighted by molar-refractivity contribution is 5.72. The van der Waals surface area contributed by atoms with Crippen molar-refractivity contribution in [3.05, 3.63) is 83.2 Å². The molecule has 0 bridgehead atoms. The summed E-state index contributed by atoms with van der Waals surface area (Å²) in [7, 11) is 4.35. The Morgan fingerprint density at radius 2 is 0.962 bits per heavy atom. The third-order valence-electron chi connectivity index (χ3n) is 6.28. The molecule has 0 aromatic heterocycles. The van der Waals surface area contributed by atoms with Gasteiger partial charge in [0, 0.05) is 47.7 Å². The summed E-state index contributed by atoms with van der Waals surface area (Å²) in [6, 6.07) is 17.5. The Bertz CT molecular complexity index is 853. The van der Waals surface area contributed by atoms with Gasteiger partial charge in [-0.15, -0.1) is 0 Å². The maximum atomic E-state index is 2.33. The zero-order valence-corrected chi connectivity index (χ0v) is 16.7. The number of para-hydroxylation sites is 2. The average Bonchev–Trinajstić information content (AvgIpc) is 2.94. The topological polar surface area (TPSA) is 6.48 Å². The molecule has 2 aromatic rings. The van der Waals surface area contributed by atoms with Crippen LogP contribution in [0, 0.1) is 0 Å². The Morgan fingerprint density at radius 1 is 0.615 bits per heavy atom. The first-order chi connectivity index (χ1) is 12.3. The van der Waals surface area contributed by atoms with Crippen LogP contribution in [0.4, 0.5) is 11.4 Å². The van der Waals surface area contributed by atoms with E-state index in [4.69, 9.17) is 0 Å². The highest BCUT2D eigenvalue weighted by Crippen LogP contribution is 2.49. The molecule has 134 valence electrons. The molecule has 2 aliphatic rings. The minimum atomic E-state index is 0.0105. The van der Waals surface area contributed by atoms with Crippen LogP contribution < -0.4 is 9.80 Å². The molecule has 0 aliphatic carbocycles. The molecule has 0 amide bonds. The van der Waals surface area contributed by atoms with Gasteiger partial charge in [0.25, 0.3) is 0 Å². The zero-order valence-electron chi connectivity index (χ0n) is 16.7. The van der Waals surface area contributed by atoms with Crippen LogP contribution in [0.3, 0.4) is 0 Å². The quantitative estimate of drug-likeness (QED) is 0.663. The number of allylic oxidation sites excluding steroid dienone is 4. The summed E-state index contributed by atoms with van der Waals surface area (Å²) in [5.41, 5.74) is 8.11. The van der Waals surface area contributed by atoms with Gasteiger partial charge < -0.3 is 9.80 Å². The predicted octanol–water partition coefficient (Wildman–Crippen LogP) is 5.61. The van der Waals surface area contributed by atoms with E-state index >= 15 is 0 Å². The Balaban J connectivity index is 1.79. The van der Waals surface area contributed by atoms with E-state index in [0.717, 1.165) is 0 Å². The van der Waals surface area contributed by atoms with E-state index in [9.17, 15) is 0 Å². The molecule has 2 aromatic carbocycles. The van der Waals surface area contributed by atoms with Crippen molar-refractivity contribution in [3.63, 3.8) is 0 Å². The summed E-state index contributed by atoms with van der Waals surface area (Å²) < 4.78 is 0. The van der Waals surface area contributed by atoms with Gasteiger partial charge in [-0.05, 0) is 35.4 Å². The molecular formula is C24H28N2. The highest BCUT2D eigenvalue weighted by atomic mass is 15.2. The molecule has 26 heavy (non-hydrogen) atoms. The monoisotopic (exact) mass is 344 g/mol. The lowest BCUT2D eigenvalue weighted by Gasteiger charge is -2.26. The van der Waals surface area contributed by atoms with E-state index in [2.05, 4.69) is 112 Å². The number of likely N-dealkylation sites (N-methyl/N-ethyl adjacent to an activating group) is 2. The molecule has 4 rings (SSSR count). The molecule has 2 heterocycles. The van der Waals surface area contributed by atoms with Gasteiger partial charge in [-0.25, -0.2) is 0 Å². The fourth-order valence-electron chi connectivity index (χ4n) is 4.76. The second kappa shape index (κ2) is 5.51. The van der Waals surface area contributed by atoms with E-state index < -0.39 is 0 Å². The minimum Gasteiger partial charge on any atom is -0.347 e. The van der Waals surface area contributed by atoms with Crippen LogP contribution in [0.2, 0.25) is 0 Å². The Hall–Kier alpha value is -2.48. The van der Waals surface area contributed by atoms with E-state index in [-0.39, 0.29) is 10.8 Å². The number of hydrogen-bond acceptors (Lipinski definition) is 2. The normalized spacial score (nSPS) is 22.8. The van der Waals surface area contributed by atoms with E-state index in [1.54, 1.807) is 0 Å². The summed E-state index contributed by atoms with van der Waals surface area (Å²) in [4.78, 5) is 4.67. The third-order valence-corrected chi connectivity index (χ3v) is 6.28. The number of hydrogen-bond donors (Lipinski definition) is 0. The van der Waals surface area contributed by atoms with Crippen LogP contribution in [0.15, 0.2) is 72.1 Å². The molecule has 0 saturated carbocycles. The Morgan fingerprint density at radius 3 is 1.31 bits per heavy atom. The maximum Gasteiger partial charge on any atom is 0.0447 e. The molecule has 0 radical (unpaired) electrons. The molecule has 0 N–H and O–H groups in total. The molecule has 0 saturated heterocycles. The van der Waals surface area contributed by atoms with Crippen molar-refractivity contribution in [1.29, 1.82) is 0 Å². The maximum absolute atomic E-state index is 2.33. The second-order valence-electron chi connectivity index (χ2n) is 8.51. The van der Waals surface area contributed by atoms with Crippen molar-refractivity contribution in [2.45, 2.75) is 38.5 Å². The lowest BCUT2D eigenvalue weighted by atomic mass is 9.82. The molecule has 0 unspecified atom stereocenters. The third kappa shape index (κ3) is 2.18. The smallest absolute Gasteiger partial charge is 0.0447 e. The molecule has 0 fully saturated rings. The van der Waals surface area contributed by atoms with Crippen molar-refractivity contribution in [3.8, 4) is 0 Å². The van der Waals surface area contributed by atoms with Gasteiger partial charge in [-0.1, -0.05) is 64.1 Å². The van der Waals surface area contributed by atoms with Crippen molar-refractivity contribution < 1.29 is 0 Å². The summed E-state index contributed by atoms with van der Waals surface area (Å²) >= 11 is 0. The van der Waals surface area contributed by atoms with Crippen molar-refractivity contribution in [2.24, 2.45) is 0 Å². The lowest BCUT2D eigenvalue weighted by Crippen LogP contribution is -2.24. The van der Waals surface area contributed by atoms with Crippen molar-refractivity contribution in [2.75, 3.05) is 23.9 Å². The molecule has 2 nitrogen and oxygen atoms in total. The largest absolute Gasteiger partial charge is 0.347 e. The first-order valence-electron chi connectivity index (χ1n) is 9.35. The summed E-state index contributed by atoms with van der Waals surface area (Å²) in [5.74, 6) is 0. The summed E-state index contributed by atoms with van der Waals surface area (Å²) in [6.07, 6.45) is 4.64. The van der Waals surface area contributed by atoms with Crippen molar-refractivity contribution >= 4 is 11.4 Å². The van der Waals surface area contributed by atoms with Gasteiger partial charge in [-0.3, -0.25) is 0 Å². The molecular weight excluding hydrogens is 316 g/mol.